The van der Waals surface area contributed by atoms with E-state index >= 15 is 0 Å². The molecule has 5 rings (SSSR count). The fraction of sp³-hybridized carbons (Fsp3) is 0.0909. The summed E-state index contributed by atoms with van der Waals surface area (Å²) in [6, 6.07) is 9.41. The Morgan fingerprint density at radius 3 is 1.86 bits per heavy atom. The Balaban J connectivity index is 0.000000527. The molecule has 2 aliphatic heterocycles. The minimum atomic E-state index is -3.67. The van der Waals surface area contributed by atoms with Crippen LogP contribution in [0, 0.1) is 0 Å². The van der Waals surface area contributed by atoms with Crippen LogP contribution in [0.3, 0.4) is 0 Å². The molecule has 0 fully saturated rings. The van der Waals surface area contributed by atoms with E-state index in [1.54, 1.807) is 0 Å². The number of rotatable bonds is 1. The molecule has 35 heavy (non-hydrogen) atoms. The van der Waals surface area contributed by atoms with Gasteiger partial charge in [-0.2, -0.15) is 8.42 Å². The third-order valence-electron chi connectivity index (χ3n) is 5.19. The number of benzene rings is 3. The predicted molar refractivity (Wildman–Crippen MR) is 122 cm³/mol. The van der Waals surface area contributed by atoms with Crippen LogP contribution in [0.4, 0.5) is 0 Å². The van der Waals surface area contributed by atoms with Gasteiger partial charge in [0.2, 0.25) is 0 Å². The Morgan fingerprint density at radius 2 is 1.40 bits per heavy atom. The van der Waals surface area contributed by atoms with E-state index in [4.69, 9.17) is 37.2 Å². The molecule has 10 nitrogen and oxygen atoms in total. The molecule has 3 aromatic carbocycles. The lowest BCUT2D eigenvalue weighted by Crippen LogP contribution is -2.33. The van der Waals surface area contributed by atoms with E-state index in [9.17, 15) is 33.3 Å². The van der Waals surface area contributed by atoms with Crippen LogP contribution in [-0.4, -0.2) is 46.5 Å². The van der Waals surface area contributed by atoms with Crippen LogP contribution in [-0.2, 0) is 20.5 Å². The number of phenolic OH excluding ortho intramolecular Hbond substituents is 2. The summed E-state index contributed by atoms with van der Waals surface area (Å²) >= 11 is 12.3. The number of carboxylic acids is 1. The van der Waals surface area contributed by atoms with Crippen LogP contribution in [0.25, 0.3) is 0 Å². The van der Waals surface area contributed by atoms with E-state index < -0.39 is 27.7 Å². The molecule has 13 heteroatoms. The van der Waals surface area contributed by atoms with E-state index in [1.807, 2.05) is 0 Å². The smallest absolute Gasteiger partial charge is 0.340 e. The Bertz CT molecular complexity index is 1470. The van der Waals surface area contributed by atoms with Crippen molar-refractivity contribution < 1.29 is 47.4 Å². The standard InChI is InChI=1S/C21H10Cl2O7.CH4O3S/c22-13-4-11-17(6-15(13)24)29-18-7-16(25)14(23)5-12(18)21(11)10-2-1-8(19(26)27)3-9(10)20(28)30-21;1-5(2,3)4/h1-7,24-25H,(H,26,27);1H3,(H,2,3,4). The van der Waals surface area contributed by atoms with Crippen molar-refractivity contribution in [3.05, 3.63) is 80.3 Å². The third kappa shape index (κ3) is 4.23. The normalized spacial score (nSPS) is 14.6. The van der Waals surface area contributed by atoms with Crippen molar-refractivity contribution in [2.24, 2.45) is 0 Å². The minimum absolute atomic E-state index is 0.00305. The molecule has 4 N–H and O–H groups in total. The van der Waals surface area contributed by atoms with E-state index in [-0.39, 0.29) is 44.2 Å². The van der Waals surface area contributed by atoms with Crippen LogP contribution in [0.5, 0.6) is 23.0 Å². The van der Waals surface area contributed by atoms with Crippen molar-refractivity contribution in [2.45, 2.75) is 5.60 Å². The topological polar surface area (TPSA) is 168 Å². The number of fused-ring (bicyclic) bond motifs is 6. The lowest BCUT2D eigenvalue weighted by Gasteiger charge is -2.36. The largest absolute Gasteiger partial charge is 0.506 e. The van der Waals surface area contributed by atoms with Gasteiger partial charge in [-0.3, -0.25) is 4.55 Å². The molecule has 0 aromatic heterocycles. The molecule has 0 saturated heterocycles. The monoisotopic (exact) mass is 540 g/mol. The van der Waals surface area contributed by atoms with Gasteiger partial charge in [-0.05, 0) is 24.3 Å². The predicted octanol–water partition coefficient (Wildman–Crippen LogP) is 4.17. The minimum Gasteiger partial charge on any atom is -0.506 e. The van der Waals surface area contributed by atoms with Crippen molar-refractivity contribution in [3.8, 4) is 23.0 Å². The first kappa shape index (κ1) is 24.6. The molecule has 182 valence electrons. The summed E-state index contributed by atoms with van der Waals surface area (Å²) in [4.78, 5) is 24.2. The van der Waals surface area contributed by atoms with Gasteiger partial charge >= 0.3 is 11.9 Å². The van der Waals surface area contributed by atoms with Gasteiger partial charge in [0.15, 0.2) is 5.60 Å². The van der Waals surface area contributed by atoms with Gasteiger partial charge in [0.1, 0.15) is 23.0 Å². The zero-order valence-electron chi connectivity index (χ0n) is 17.4. The summed E-state index contributed by atoms with van der Waals surface area (Å²) in [5.41, 5.74) is -0.609. The molecular weight excluding hydrogens is 527 g/mol. The summed E-state index contributed by atoms with van der Waals surface area (Å²) < 4.78 is 37.5. The SMILES string of the molecule is CS(=O)(=O)O.O=C(O)c1ccc2c(c1)C(=O)OC21c2cc(Cl)c(O)cc2Oc2cc(O)c(Cl)cc21. The van der Waals surface area contributed by atoms with Gasteiger partial charge < -0.3 is 24.8 Å². The van der Waals surface area contributed by atoms with Crippen LogP contribution < -0.4 is 4.74 Å². The second kappa shape index (κ2) is 8.31. The molecule has 3 aromatic rings. The number of aromatic carboxylic acids is 1. The number of ether oxygens (including phenoxy) is 2. The summed E-state index contributed by atoms with van der Waals surface area (Å²) in [6.07, 6.45) is 0.715. The van der Waals surface area contributed by atoms with Crippen molar-refractivity contribution in [3.63, 3.8) is 0 Å². The van der Waals surface area contributed by atoms with E-state index in [2.05, 4.69) is 0 Å². The summed E-state index contributed by atoms with van der Waals surface area (Å²) in [5, 5.41) is 29.4. The number of hydrogen-bond donors (Lipinski definition) is 4. The Morgan fingerprint density at radius 1 is 0.914 bits per heavy atom. The van der Waals surface area contributed by atoms with Crippen LogP contribution in [0.15, 0.2) is 42.5 Å². The maximum absolute atomic E-state index is 12.8. The molecule has 0 atom stereocenters. The van der Waals surface area contributed by atoms with Gasteiger partial charge in [-0.1, -0.05) is 29.3 Å². The molecule has 0 bridgehead atoms. The highest BCUT2D eigenvalue weighted by Gasteiger charge is 2.54. The van der Waals surface area contributed by atoms with Crippen molar-refractivity contribution in [1.29, 1.82) is 0 Å². The van der Waals surface area contributed by atoms with Crippen LogP contribution >= 0.6 is 23.2 Å². The summed E-state index contributed by atoms with van der Waals surface area (Å²) in [7, 11) is -3.67. The fourth-order valence-electron chi connectivity index (χ4n) is 3.87. The molecule has 0 amide bonds. The highest BCUT2D eigenvalue weighted by Crippen LogP contribution is 2.58. The Hall–Kier alpha value is -3.51. The zero-order valence-corrected chi connectivity index (χ0v) is 19.8. The quantitative estimate of drug-likeness (QED) is 0.259. The molecular formula is C22H14Cl2O10S. The average Bonchev–Trinajstić information content (AvgIpc) is 3.03. The number of esters is 1. The first-order chi connectivity index (χ1) is 16.2. The van der Waals surface area contributed by atoms with E-state index in [1.165, 1.54) is 42.5 Å². The van der Waals surface area contributed by atoms with E-state index in [0.29, 0.717) is 22.9 Å². The number of carbonyl (C=O) groups is 2. The molecule has 0 unspecified atom stereocenters. The zero-order chi connectivity index (χ0) is 25.9. The number of carbonyl (C=O) groups excluding carboxylic acids is 1. The number of carboxylic acid groups (broad SMARTS) is 1. The molecule has 2 aliphatic rings. The highest BCUT2D eigenvalue weighted by atomic mass is 35.5. The third-order valence-corrected chi connectivity index (χ3v) is 5.79. The summed E-state index contributed by atoms with van der Waals surface area (Å²) in [5.74, 6) is -2.15. The molecule has 0 radical (unpaired) electrons. The van der Waals surface area contributed by atoms with Crippen molar-refractivity contribution in [2.75, 3.05) is 6.26 Å². The number of hydrogen-bond acceptors (Lipinski definition) is 8. The first-order valence-corrected chi connectivity index (χ1v) is 12.1. The van der Waals surface area contributed by atoms with Gasteiger partial charge in [-0.15, -0.1) is 0 Å². The second-order valence-corrected chi connectivity index (χ2v) is 9.85. The van der Waals surface area contributed by atoms with Gasteiger partial charge in [0, 0.05) is 28.8 Å². The lowest BCUT2D eigenvalue weighted by molar-refractivity contribution is 0.0224. The Labute approximate surface area is 207 Å². The number of halogens is 2. The van der Waals surface area contributed by atoms with E-state index in [0.717, 1.165) is 0 Å². The molecule has 0 aliphatic carbocycles. The van der Waals surface area contributed by atoms with Crippen LogP contribution in [0.1, 0.15) is 37.4 Å². The second-order valence-electron chi connectivity index (χ2n) is 7.57. The maximum atomic E-state index is 12.8. The van der Waals surface area contributed by atoms with Gasteiger partial charge in [0.25, 0.3) is 10.1 Å². The van der Waals surface area contributed by atoms with Crippen LogP contribution in [0.2, 0.25) is 10.0 Å². The maximum Gasteiger partial charge on any atom is 0.340 e. The number of phenols is 2. The molecule has 1 spiro atoms. The van der Waals surface area contributed by atoms with Gasteiger partial charge in [0.05, 0.1) is 27.4 Å². The lowest BCUT2D eigenvalue weighted by atomic mass is 9.77. The Kier molecular flexibility index (Phi) is 5.84. The summed E-state index contributed by atoms with van der Waals surface area (Å²) in [6.45, 7) is 0. The molecule has 2 heterocycles. The molecule has 0 saturated carbocycles. The highest BCUT2D eigenvalue weighted by molar-refractivity contribution is 7.85. The fourth-order valence-corrected chi connectivity index (χ4v) is 4.20. The number of aromatic hydroxyl groups is 2. The first-order valence-electron chi connectivity index (χ1n) is 9.50. The van der Waals surface area contributed by atoms with Crippen molar-refractivity contribution >= 4 is 45.3 Å². The van der Waals surface area contributed by atoms with Gasteiger partial charge in [-0.25, -0.2) is 9.59 Å². The average molecular weight is 541 g/mol. The van der Waals surface area contributed by atoms with Crippen molar-refractivity contribution in [1.82, 2.24) is 0 Å².